The molecule has 2 spiro atoms. The summed E-state index contributed by atoms with van der Waals surface area (Å²) in [5.74, 6) is 2.08. The van der Waals surface area contributed by atoms with E-state index in [1.54, 1.807) is 25.7 Å². The quantitative estimate of drug-likeness (QED) is 0.632. The molecule has 4 aliphatic rings. The normalized spacial score (nSPS) is 30.7. The summed E-state index contributed by atoms with van der Waals surface area (Å²) in [4.78, 5) is 5.55. The lowest BCUT2D eigenvalue weighted by molar-refractivity contribution is -0.0360. The van der Waals surface area contributed by atoms with Crippen LogP contribution in [-0.2, 0) is 0 Å². The predicted molar refractivity (Wildman–Crippen MR) is 111 cm³/mol. The Hall–Kier alpha value is -0.0800. The van der Waals surface area contributed by atoms with Crippen molar-refractivity contribution in [1.82, 2.24) is 9.80 Å². The second kappa shape index (κ2) is 8.11. The van der Waals surface area contributed by atoms with Gasteiger partial charge in [0, 0.05) is 6.54 Å². The van der Waals surface area contributed by atoms with Crippen LogP contribution in [0.3, 0.4) is 0 Å². The van der Waals surface area contributed by atoms with Crippen LogP contribution < -0.4 is 0 Å². The van der Waals surface area contributed by atoms with E-state index in [1.807, 2.05) is 0 Å². The summed E-state index contributed by atoms with van der Waals surface area (Å²) in [6.07, 6.45) is 18.0. The Balaban J connectivity index is 1.15. The molecule has 2 aliphatic carbocycles. The fraction of sp³-hybridized carbons (Fsp3) is 1.00. The van der Waals surface area contributed by atoms with Crippen molar-refractivity contribution in [1.29, 1.82) is 0 Å². The molecule has 2 heteroatoms. The summed E-state index contributed by atoms with van der Waals surface area (Å²) < 4.78 is 0. The monoisotopic (exact) mass is 360 g/mol. The Kier molecular flexibility index (Phi) is 6.01. The Morgan fingerprint density at radius 3 is 1.85 bits per heavy atom. The SMILES string of the molecule is CCCN1CCC2(CC1)CC(CN1CCC3(CCC(CC)CC3)CC1)C2. The summed E-state index contributed by atoms with van der Waals surface area (Å²) in [5.41, 5.74) is 1.53. The van der Waals surface area contributed by atoms with E-state index >= 15 is 0 Å². The third kappa shape index (κ3) is 4.17. The van der Waals surface area contributed by atoms with Gasteiger partial charge in [-0.25, -0.2) is 0 Å². The largest absolute Gasteiger partial charge is 0.303 e. The highest BCUT2D eigenvalue weighted by atomic mass is 15.1. The molecule has 150 valence electrons. The zero-order chi connectivity index (χ0) is 18.0. The zero-order valence-electron chi connectivity index (χ0n) is 17.8. The van der Waals surface area contributed by atoms with Crippen molar-refractivity contribution in [3.05, 3.63) is 0 Å². The third-order valence-corrected chi connectivity index (χ3v) is 9.08. The second-order valence-corrected chi connectivity index (χ2v) is 10.8. The highest BCUT2D eigenvalue weighted by Gasteiger charge is 2.46. The van der Waals surface area contributed by atoms with Gasteiger partial charge in [-0.1, -0.05) is 20.3 Å². The van der Waals surface area contributed by atoms with Crippen LogP contribution in [-0.4, -0.2) is 49.1 Å². The van der Waals surface area contributed by atoms with Crippen LogP contribution in [0.25, 0.3) is 0 Å². The molecule has 2 aliphatic heterocycles. The molecule has 0 aromatic heterocycles. The molecule has 0 radical (unpaired) electrons. The Bertz CT molecular complexity index is 425. The standard InChI is InChI=1S/C24H44N2/c1-3-13-25-14-11-24(12-15-25)18-22(19-24)20-26-16-9-23(10-17-26)7-5-21(4-2)6-8-23/h21-22H,3-20H2,1-2H3. The van der Waals surface area contributed by atoms with Gasteiger partial charge in [0.15, 0.2) is 0 Å². The smallest absolute Gasteiger partial charge is 0.00101 e. The minimum atomic E-state index is 0.759. The first kappa shape index (κ1) is 19.2. The first-order chi connectivity index (χ1) is 12.6. The van der Waals surface area contributed by atoms with E-state index in [1.165, 1.54) is 90.6 Å². The van der Waals surface area contributed by atoms with Crippen molar-refractivity contribution in [2.24, 2.45) is 22.7 Å². The van der Waals surface area contributed by atoms with E-state index < -0.39 is 0 Å². The van der Waals surface area contributed by atoms with Gasteiger partial charge in [0.05, 0.1) is 0 Å². The van der Waals surface area contributed by atoms with Gasteiger partial charge in [-0.05, 0) is 126 Å². The first-order valence-corrected chi connectivity index (χ1v) is 12.1. The van der Waals surface area contributed by atoms with Crippen molar-refractivity contribution < 1.29 is 0 Å². The van der Waals surface area contributed by atoms with Crippen LogP contribution in [0, 0.1) is 22.7 Å². The van der Waals surface area contributed by atoms with Crippen LogP contribution in [0.2, 0.25) is 0 Å². The van der Waals surface area contributed by atoms with Gasteiger partial charge in [0.2, 0.25) is 0 Å². The molecule has 0 aromatic rings. The van der Waals surface area contributed by atoms with Crippen LogP contribution in [0.1, 0.15) is 90.9 Å². The summed E-state index contributed by atoms with van der Waals surface area (Å²) in [7, 11) is 0. The van der Waals surface area contributed by atoms with Gasteiger partial charge in [-0.15, -0.1) is 0 Å². The maximum atomic E-state index is 2.85. The minimum Gasteiger partial charge on any atom is -0.303 e. The molecule has 2 saturated heterocycles. The number of nitrogens with zero attached hydrogens (tertiary/aromatic N) is 2. The molecule has 0 amide bonds. The molecule has 2 nitrogen and oxygen atoms in total. The molecule has 4 rings (SSSR count). The number of hydrogen-bond donors (Lipinski definition) is 0. The van der Waals surface area contributed by atoms with Gasteiger partial charge < -0.3 is 9.80 Å². The van der Waals surface area contributed by atoms with Gasteiger partial charge in [0.25, 0.3) is 0 Å². The summed E-state index contributed by atoms with van der Waals surface area (Å²) in [6, 6.07) is 0. The fourth-order valence-corrected chi connectivity index (χ4v) is 7.04. The number of piperidine rings is 2. The van der Waals surface area contributed by atoms with E-state index in [4.69, 9.17) is 0 Å². The average molecular weight is 361 g/mol. The van der Waals surface area contributed by atoms with Crippen LogP contribution in [0.4, 0.5) is 0 Å². The van der Waals surface area contributed by atoms with Crippen molar-refractivity contribution >= 4 is 0 Å². The minimum absolute atomic E-state index is 0.759. The fourth-order valence-electron chi connectivity index (χ4n) is 7.04. The van der Waals surface area contributed by atoms with Crippen LogP contribution in [0.15, 0.2) is 0 Å². The molecule has 26 heavy (non-hydrogen) atoms. The molecule has 0 N–H and O–H groups in total. The van der Waals surface area contributed by atoms with Gasteiger partial charge in [-0.2, -0.15) is 0 Å². The molecule has 2 saturated carbocycles. The lowest BCUT2D eigenvalue weighted by Crippen LogP contribution is -2.51. The van der Waals surface area contributed by atoms with Crippen LogP contribution >= 0.6 is 0 Å². The average Bonchev–Trinajstić information content (AvgIpc) is 2.65. The lowest BCUT2D eigenvalue weighted by atomic mass is 9.57. The maximum Gasteiger partial charge on any atom is 0.00101 e. The van der Waals surface area contributed by atoms with Crippen molar-refractivity contribution in [3.63, 3.8) is 0 Å². The third-order valence-electron chi connectivity index (χ3n) is 9.08. The van der Waals surface area contributed by atoms with Gasteiger partial charge in [-0.3, -0.25) is 0 Å². The second-order valence-electron chi connectivity index (χ2n) is 10.8. The number of hydrogen-bond acceptors (Lipinski definition) is 2. The predicted octanol–water partition coefficient (Wildman–Crippen LogP) is 5.57. The maximum absolute atomic E-state index is 2.85. The van der Waals surface area contributed by atoms with Crippen LogP contribution in [0.5, 0.6) is 0 Å². The summed E-state index contributed by atoms with van der Waals surface area (Å²) >= 11 is 0. The van der Waals surface area contributed by atoms with E-state index in [2.05, 4.69) is 23.6 Å². The van der Waals surface area contributed by atoms with E-state index in [-0.39, 0.29) is 0 Å². The van der Waals surface area contributed by atoms with Crippen molar-refractivity contribution in [2.75, 3.05) is 39.3 Å². The van der Waals surface area contributed by atoms with Gasteiger partial charge >= 0.3 is 0 Å². The zero-order valence-corrected chi connectivity index (χ0v) is 17.8. The highest BCUT2D eigenvalue weighted by molar-refractivity contribution is 4.98. The lowest BCUT2D eigenvalue weighted by Gasteiger charge is -2.54. The molecule has 0 atom stereocenters. The topological polar surface area (TPSA) is 6.48 Å². The summed E-state index contributed by atoms with van der Waals surface area (Å²) in [5, 5.41) is 0. The molecule has 0 aromatic carbocycles. The summed E-state index contributed by atoms with van der Waals surface area (Å²) in [6.45, 7) is 13.0. The van der Waals surface area contributed by atoms with E-state index in [9.17, 15) is 0 Å². The molecule has 4 fully saturated rings. The molecule has 0 bridgehead atoms. The molecular formula is C24H44N2. The van der Waals surface area contributed by atoms with Crippen molar-refractivity contribution in [3.8, 4) is 0 Å². The number of likely N-dealkylation sites (tertiary alicyclic amines) is 2. The van der Waals surface area contributed by atoms with Crippen molar-refractivity contribution in [2.45, 2.75) is 90.9 Å². The van der Waals surface area contributed by atoms with E-state index in [0.29, 0.717) is 0 Å². The van der Waals surface area contributed by atoms with E-state index in [0.717, 1.165) is 22.7 Å². The molecule has 2 heterocycles. The molecule has 0 unspecified atom stereocenters. The van der Waals surface area contributed by atoms with Gasteiger partial charge in [0.1, 0.15) is 0 Å². The number of rotatable bonds is 5. The Labute approximate surface area is 163 Å². The molecular weight excluding hydrogens is 316 g/mol. The Morgan fingerprint density at radius 2 is 1.27 bits per heavy atom. The highest BCUT2D eigenvalue weighted by Crippen LogP contribution is 2.53. The first-order valence-electron chi connectivity index (χ1n) is 12.1. The Morgan fingerprint density at radius 1 is 0.692 bits per heavy atom.